The van der Waals surface area contributed by atoms with Gasteiger partial charge in [0.25, 0.3) is 0 Å². The lowest BCUT2D eigenvalue weighted by Gasteiger charge is -2.32. The number of amides is 2. The number of imide groups is 1. The fraction of sp³-hybridized carbons (Fsp3) is 0.357. The van der Waals surface area contributed by atoms with Crippen LogP contribution in [0.15, 0.2) is 24.3 Å². The summed E-state index contributed by atoms with van der Waals surface area (Å²) >= 11 is 0. The van der Waals surface area contributed by atoms with E-state index >= 15 is 0 Å². The minimum absolute atomic E-state index is 0.138. The van der Waals surface area contributed by atoms with Crippen LogP contribution in [0.1, 0.15) is 12.5 Å². The molecule has 0 bridgehead atoms. The fourth-order valence-corrected chi connectivity index (χ4v) is 2.06. The molecule has 2 amide bonds. The van der Waals surface area contributed by atoms with Crippen molar-refractivity contribution in [1.82, 2.24) is 4.90 Å². The molecule has 98 valence electrons. The van der Waals surface area contributed by atoms with Crippen molar-refractivity contribution in [2.75, 3.05) is 24.5 Å². The first-order valence-electron chi connectivity index (χ1n) is 6.19. The third-order valence-electron chi connectivity index (χ3n) is 3.19. The Morgan fingerprint density at radius 1 is 1.16 bits per heavy atom. The van der Waals surface area contributed by atoms with Crippen LogP contribution in [0.5, 0.6) is 0 Å². The lowest BCUT2D eigenvalue weighted by molar-refractivity contribution is -0.144. The number of hydrogen-bond donors (Lipinski definition) is 0. The van der Waals surface area contributed by atoms with Crippen LogP contribution in [0, 0.1) is 11.3 Å². The molecule has 0 spiro atoms. The molecule has 1 aliphatic heterocycles. The van der Waals surface area contributed by atoms with Crippen molar-refractivity contribution in [1.29, 1.82) is 5.26 Å². The molecule has 5 nitrogen and oxygen atoms in total. The second-order valence-electron chi connectivity index (χ2n) is 4.41. The maximum absolute atomic E-state index is 11.8. The predicted octanol–water partition coefficient (Wildman–Crippen LogP) is 0.948. The van der Waals surface area contributed by atoms with Crippen LogP contribution in [0.25, 0.3) is 0 Å². The Balaban J connectivity index is 2.13. The summed E-state index contributed by atoms with van der Waals surface area (Å²) in [5.41, 5.74) is 2.07. The zero-order valence-corrected chi connectivity index (χ0v) is 10.8. The van der Waals surface area contributed by atoms with E-state index < -0.39 is 0 Å². The first-order chi connectivity index (χ1) is 9.15. The van der Waals surface area contributed by atoms with Gasteiger partial charge < -0.3 is 4.90 Å². The van der Waals surface area contributed by atoms with Gasteiger partial charge in [0.05, 0.1) is 19.2 Å². The highest BCUT2D eigenvalue weighted by Crippen LogP contribution is 2.18. The molecule has 1 aliphatic rings. The summed E-state index contributed by atoms with van der Waals surface area (Å²) in [6.07, 6.45) is 0.952. The van der Waals surface area contributed by atoms with Gasteiger partial charge in [-0.05, 0) is 24.1 Å². The lowest BCUT2D eigenvalue weighted by Crippen LogP contribution is -2.54. The summed E-state index contributed by atoms with van der Waals surface area (Å²) in [6.45, 7) is 2.18. The summed E-state index contributed by atoms with van der Waals surface area (Å²) in [7, 11) is 0. The molecule has 5 heteroatoms. The number of benzene rings is 1. The number of carbonyl (C=O) groups excluding carboxylic acids is 2. The largest absolute Gasteiger partial charge is 0.353 e. The van der Waals surface area contributed by atoms with E-state index in [0.717, 1.165) is 17.0 Å². The van der Waals surface area contributed by atoms with E-state index in [1.54, 1.807) is 4.90 Å². The number of carbonyl (C=O) groups is 2. The van der Waals surface area contributed by atoms with Gasteiger partial charge in [0.2, 0.25) is 11.8 Å². The third kappa shape index (κ3) is 2.74. The van der Waals surface area contributed by atoms with Gasteiger partial charge in [-0.25, -0.2) is 0 Å². The number of aryl methyl sites for hydroxylation is 1. The molecule has 0 saturated carbocycles. The molecular weight excluding hydrogens is 242 g/mol. The summed E-state index contributed by atoms with van der Waals surface area (Å²) in [5.74, 6) is -0.644. The minimum atomic E-state index is -0.322. The third-order valence-corrected chi connectivity index (χ3v) is 3.19. The van der Waals surface area contributed by atoms with E-state index in [2.05, 4.69) is 6.92 Å². The minimum Gasteiger partial charge on any atom is -0.353 e. The smallest absolute Gasteiger partial charge is 0.249 e. The summed E-state index contributed by atoms with van der Waals surface area (Å²) in [6, 6.07) is 9.65. The van der Waals surface area contributed by atoms with Gasteiger partial charge >= 0.3 is 0 Å². The van der Waals surface area contributed by atoms with Crippen LogP contribution in [0.3, 0.4) is 0 Å². The quantitative estimate of drug-likeness (QED) is 0.597. The Morgan fingerprint density at radius 3 is 2.21 bits per heavy atom. The zero-order chi connectivity index (χ0) is 13.8. The van der Waals surface area contributed by atoms with Gasteiger partial charge in [-0.15, -0.1) is 0 Å². The van der Waals surface area contributed by atoms with Crippen molar-refractivity contribution < 1.29 is 9.59 Å². The first kappa shape index (κ1) is 13.1. The average molecular weight is 257 g/mol. The molecule has 1 fully saturated rings. The lowest BCUT2D eigenvalue weighted by atomic mass is 10.1. The molecule has 19 heavy (non-hydrogen) atoms. The first-order valence-corrected chi connectivity index (χ1v) is 6.19. The van der Waals surface area contributed by atoms with Crippen molar-refractivity contribution in [3.05, 3.63) is 29.8 Å². The number of piperazine rings is 1. The van der Waals surface area contributed by atoms with Gasteiger partial charge in [-0.1, -0.05) is 19.1 Å². The van der Waals surface area contributed by atoms with Crippen molar-refractivity contribution in [2.45, 2.75) is 13.3 Å². The maximum Gasteiger partial charge on any atom is 0.249 e. The highest BCUT2D eigenvalue weighted by Gasteiger charge is 2.30. The van der Waals surface area contributed by atoms with E-state index in [0.29, 0.717) is 0 Å². The van der Waals surface area contributed by atoms with Crippen molar-refractivity contribution in [3.63, 3.8) is 0 Å². The Labute approximate surface area is 112 Å². The zero-order valence-electron chi connectivity index (χ0n) is 10.8. The van der Waals surface area contributed by atoms with Gasteiger partial charge in [0.15, 0.2) is 0 Å². The number of anilines is 1. The van der Waals surface area contributed by atoms with E-state index in [9.17, 15) is 9.59 Å². The van der Waals surface area contributed by atoms with Crippen LogP contribution in [0.4, 0.5) is 5.69 Å². The molecule has 0 aromatic heterocycles. The maximum atomic E-state index is 11.8. The number of nitriles is 1. The van der Waals surface area contributed by atoms with E-state index in [4.69, 9.17) is 5.26 Å². The van der Waals surface area contributed by atoms with Gasteiger partial charge in [0, 0.05) is 5.69 Å². The Kier molecular flexibility index (Phi) is 3.81. The average Bonchev–Trinajstić information content (AvgIpc) is 2.43. The van der Waals surface area contributed by atoms with Crippen LogP contribution in [-0.2, 0) is 16.0 Å². The van der Waals surface area contributed by atoms with Crippen molar-refractivity contribution >= 4 is 17.5 Å². The monoisotopic (exact) mass is 257 g/mol. The highest BCUT2D eigenvalue weighted by atomic mass is 16.2. The SMILES string of the molecule is CCc1ccc(N2CC(=O)N(CC#N)C(=O)C2)cc1. The summed E-state index contributed by atoms with van der Waals surface area (Å²) < 4.78 is 0. The van der Waals surface area contributed by atoms with E-state index in [1.165, 1.54) is 5.56 Å². The molecule has 0 unspecified atom stereocenters. The normalized spacial score (nSPS) is 15.6. The molecule has 2 rings (SSSR count). The van der Waals surface area contributed by atoms with Crippen molar-refractivity contribution in [2.24, 2.45) is 0 Å². The molecule has 1 heterocycles. The Bertz CT molecular complexity index is 513. The van der Waals surface area contributed by atoms with Gasteiger partial charge in [-0.2, -0.15) is 5.26 Å². The fourth-order valence-electron chi connectivity index (χ4n) is 2.06. The topological polar surface area (TPSA) is 64.4 Å². The second-order valence-corrected chi connectivity index (χ2v) is 4.41. The molecule has 0 radical (unpaired) electrons. The van der Waals surface area contributed by atoms with E-state index in [1.807, 2.05) is 30.3 Å². The van der Waals surface area contributed by atoms with Gasteiger partial charge in [0.1, 0.15) is 6.54 Å². The summed E-state index contributed by atoms with van der Waals surface area (Å²) in [4.78, 5) is 26.4. The van der Waals surface area contributed by atoms with Crippen LogP contribution in [0.2, 0.25) is 0 Å². The molecule has 0 aliphatic carbocycles. The molecule has 1 saturated heterocycles. The highest BCUT2D eigenvalue weighted by molar-refractivity contribution is 6.02. The number of rotatable bonds is 3. The molecular formula is C14H15N3O2. The Hall–Kier alpha value is -2.35. The van der Waals surface area contributed by atoms with Gasteiger partial charge in [-0.3, -0.25) is 14.5 Å². The standard InChI is InChI=1S/C14H15N3O2/c1-2-11-3-5-12(6-4-11)16-9-13(18)17(8-7-15)14(19)10-16/h3-6H,2,8-10H2,1H3. The van der Waals surface area contributed by atoms with Crippen LogP contribution >= 0.6 is 0 Å². The summed E-state index contributed by atoms with van der Waals surface area (Å²) in [5, 5.41) is 8.58. The second kappa shape index (κ2) is 5.53. The predicted molar refractivity (Wildman–Crippen MR) is 70.4 cm³/mol. The van der Waals surface area contributed by atoms with Crippen LogP contribution in [-0.4, -0.2) is 36.3 Å². The number of nitrogens with zero attached hydrogens (tertiary/aromatic N) is 3. The number of hydrogen-bond acceptors (Lipinski definition) is 4. The van der Waals surface area contributed by atoms with Crippen LogP contribution < -0.4 is 4.90 Å². The Morgan fingerprint density at radius 2 is 1.74 bits per heavy atom. The molecule has 0 atom stereocenters. The van der Waals surface area contributed by atoms with E-state index in [-0.39, 0.29) is 31.4 Å². The molecule has 0 N–H and O–H groups in total. The molecule has 1 aromatic rings. The molecule has 1 aromatic carbocycles. The van der Waals surface area contributed by atoms with Crippen molar-refractivity contribution in [3.8, 4) is 6.07 Å².